The highest BCUT2D eigenvalue weighted by molar-refractivity contribution is 5.97. The molecule has 2 N–H and O–H groups in total. The van der Waals surface area contributed by atoms with Crippen molar-refractivity contribution < 1.29 is 26.3 Å². The van der Waals surface area contributed by atoms with Crippen LogP contribution in [0.5, 0.6) is 0 Å². The molecule has 12 nitrogen and oxygen atoms in total. The highest BCUT2D eigenvalue weighted by atomic mass is 19.4. The highest BCUT2D eigenvalue weighted by Gasteiger charge is 2.32. The molecule has 0 saturated heterocycles. The molecule has 0 saturated carbocycles. The fraction of sp³-hybridized carbons (Fsp3) is 0.0500. The molecule has 0 spiro atoms. The zero-order chi connectivity index (χ0) is 40.7. The molecule has 0 atom stereocenters. The third-order valence-corrected chi connectivity index (χ3v) is 9.50. The van der Waals surface area contributed by atoms with Crippen molar-refractivity contribution >= 4 is 43.6 Å². The lowest BCUT2D eigenvalue weighted by molar-refractivity contribution is -0.138. The van der Waals surface area contributed by atoms with E-state index in [0.29, 0.717) is 20.1 Å². The van der Waals surface area contributed by atoms with Gasteiger partial charge in [-0.2, -0.15) is 35.7 Å². The van der Waals surface area contributed by atoms with Crippen molar-refractivity contribution in [2.24, 2.45) is 0 Å². The van der Waals surface area contributed by atoms with E-state index in [9.17, 15) is 45.5 Å². The number of fused-ring (bicyclic) bond motifs is 4. The number of hydrogen-bond acceptors (Lipinski definition) is 8. The minimum Gasteiger partial charge on any atom is -0.267 e. The topological polar surface area (TPSA) is 161 Å². The zero-order valence-corrected chi connectivity index (χ0v) is 29.0. The van der Waals surface area contributed by atoms with Crippen molar-refractivity contribution in [3.63, 3.8) is 0 Å². The van der Waals surface area contributed by atoms with Gasteiger partial charge in [-0.25, -0.2) is 19.9 Å². The number of H-pyrrole nitrogens is 2. The van der Waals surface area contributed by atoms with Gasteiger partial charge >= 0.3 is 12.4 Å². The largest absolute Gasteiger partial charge is 0.416 e. The van der Waals surface area contributed by atoms with Crippen LogP contribution in [-0.4, -0.2) is 39.5 Å². The fourth-order valence-corrected chi connectivity index (χ4v) is 6.78. The molecule has 6 heterocycles. The molecular weight excluding hydrogens is 770 g/mol. The summed E-state index contributed by atoms with van der Waals surface area (Å²) in [6.45, 7) is 0. The first-order valence-corrected chi connectivity index (χ1v) is 17.0. The summed E-state index contributed by atoms with van der Waals surface area (Å²) in [4.78, 5) is 73.4. The van der Waals surface area contributed by atoms with E-state index >= 15 is 0 Å². The lowest BCUT2D eigenvalue weighted by atomic mass is 10.0. The molecule has 0 amide bonds. The summed E-state index contributed by atoms with van der Waals surface area (Å²) < 4.78 is 84.1. The molecule has 9 rings (SSSR count). The van der Waals surface area contributed by atoms with Crippen molar-refractivity contribution in [2.45, 2.75) is 12.4 Å². The molecule has 6 aromatic heterocycles. The van der Waals surface area contributed by atoms with Crippen LogP contribution in [0.15, 0.2) is 129 Å². The Morgan fingerprint density at radius 3 is 1.31 bits per heavy atom. The lowest BCUT2D eigenvalue weighted by Crippen LogP contribution is -2.32. The van der Waals surface area contributed by atoms with Crippen LogP contribution < -0.4 is 22.2 Å². The first kappa shape index (κ1) is 35.9. The van der Waals surface area contributed by atoms with Gasteiger partial charge in [0.2, 0.25) is 0 Å². The molecule has 0 aliphatic carbocycles. The van der Waals surface area contributed by atoms with Gasteiger partial charge in [0, 0.05) is 34.3 Å². The predicted molar refractivity (Wildman–Crippen MR) is 201 cm³/mol. The average Bonchev–Trinajstić information content (AvgIpc) is 3.21. The second kappa shape index (κ2) is 12.9. The van der Waals surface area contributed by atoms with Gasteiger partial charge in [-0.15, -0.1) is 0 Å². The van der Waals surface area contributed by atoms with Crippen LogP contribution in [0.25, 0.3) is 77.5 Å². The Bertz CT molecular complexity index is 3220. The first-order valence-electron chi connectivity index (χ1n) is 17.0. The first-order chi connectivity index (χ1) is 27.7. The van der Waals surface area contributed by atoms with Crippen LogP contribution in [0.2, 0.25) is 0 Å². The number of halogens is 6. The Balaban J connectivity index is 1.30. The van der Waals surface area contributed by atoms with Gasteiger partial charge in [0.1, 0.15) is 0 Å². The number of rotatable bonds is 4. The summed E-state index contributed by atoms with van der Waals surface area (Å²) in [5.74, 6) is -0.590. The van der Waals surface area contributed by atoms with Crippen LogP contribution in [-0.2, 0) is 12.4 Å². The molecule has 18 heteroatoms. The van der Waals surface area contributed by atoms with Crippen molar-refractivity contribution in [2.75, 3.05) is 0 Å². The summed E-state index contributed by atoms with van der Waals surface area (Å²) in [6, 6.07) is 19.9. The number of pyridine rings is 4. The Labute approximate surface area is 317 Å². The van der Waals surface area contributed by atoms with Crippen LogP contribution in [0.3, 0.4) is 0 Å². The maximum absolute atomic E-state index is 14.4. The Kier molecular flexibility index (Phi) is 7.99. The van der Waals surface area contributed by atoms with Gasteiger partial charge in [0.05, 0.1) is 32.7 Å². The third-order valence-electron chi connectivity index (χ3n) is 9.50. The predicted octanol–water partition coefficient (Wildman–Crippen LogP) is 6.93. The summed E-state index contributed by atoms with van der Waals surface area (Å²) >= 11 is 0. The molecule has 9 aromatic rings. The van der Waals surface area contributed by atoms with E-state index in [1.165, 1.54) is 48.8 Å². The molecule has 0 bridgehead atoms. The van der Waals surface area contributed by atoms with Gasteiger partial charge in [-0.1, -0.05) is 24.3 Å². The molecule has 3 aromatic carbocycles. The van der Waals surface area contributed by atoms with E-state index in [2.05, 4.69) is 30.1 Å². The number of nitrogens with one attached hydrogen (secondary N) is 2. The number of alkyl halides is 6. The van der Waals surface area contributed by atoms with Crippen molar-refractivity contribution in [3.05, 3.63) is 162 Å². The number of nitrogens with zero attached hydrogens (tertiary/aromatic N) is 6. The molecule has 286 valence electrons. The van der Waals surface area contributed by atoms with E-state index in [1.54, 1.807) is 24.3 Å². The SMILES string of the molecule is O=c1[nH]n(-c2nc3ncccc3cc2-c2cccc(C(F)(F)F)c2)c(=O)c2cc3c(=O)n(-c4nc5ncccc5cc4-c4cccc(C(F)(F)F)c4)[nH]c(=O)c3cc12. The van der Waals surface area contributed by atoms with E-state index in [0.717, 1.165) is 36.4 Å². The van der Waals surface area contributed by atoms with Gasteiger partial charge in [-0.05, 0) is 83.9 Å². The van der Waals surface area contributed by atoms with Crippen molar-refractivity contribution in [1.82, 2.24) is 39.5 Å². The minimum absolute atomic E-state index is 0.00203. The van der Waals surface area contributed by atoms with Crippen LogP contribution in [0.1, 0.15) is 11.1 Å². The zero-order valence-electron chi connectivity index (χ0n) is 29.0. The summed E-state index contributed by atoms with van der Waals surface area (Å²) in [5.41, 5.74) is -5.57. The van der Waals surface area contributed by atoms with E-state index in [-0.39, 0.29) is 66.7 Å². The Morgan fingerprint density at radius 1 is 0.483 bits per heavy atom. The molecule has 0 unspecified atom stereocenters. The summed E-state index contributed by atoms with van der Waals surface area (Å²) in [5, 5.41) is 4.21. The molecule has 0 fully saturated rings. The van der Waals surface area contributed by atoms with Crippen molar-refractivity contribution in [1.29, 1.82) is 0 Å². The molecule has 58 heavy (non-hydrogen) atoms. The van der Waals surface area contributed by atoms with Gasteiger partial charge < -0.3 is 0 Å². The van der Waals surface area contributed by atoms with Gasteiger partial charge in [0.15, 0.2) is 22.9 Å². The second-order valence-electron chi connectivity index (χ2n) is 13.1. The third kappa shape index (κ3) is 5.97. The van der Waals surface area contributed by atoms with Gasteiger partial charge in [0.25, 0.3) is 22.2 Å². The molecule has 0 aliphatic rings. The Morgan fingerprint density at radius 2 is 0.897 bits per heavy atom. The number of aromatic amines is 2. The standard InChI is InChI=1S/C40H20F6N8O4/c41-39(42,43)23-9-1-5-19(13-23)25-15-21-7-3-11-47-31(21)49-33(25)53-37(57)29-18-30-28(17-27(29)35(55)51-53)36(56)52-54(38(30)58)34-26(16-22-8-4-12-48-32(22)50-34)20-6-2-10-24(14-20)40(44,45)46/h1-18H,(H,51,55)(H,52,56). The van der Waals surface area contributed by atoms with Crippen LogP contribution in [0, 0.1) is 0 Å². The number of aromatic nitrogens is 8. The summed E-state index contributed by atoms with van der Waals surface area (Å²) in [7, 11) is 0. The highest BCUT2D eigenvalue weighted by Crippen LogP contribution is 2.36. The minimum atomic E-state index is -4.71. The van der Waals surface area contributed by atoms with Crippen molar-refractivity contribution in [3.8, 4) is 33.9 Å². The monoisotopic (exact) mass is 790 g/mol. The summed E-state index contributed by atoms with van der Waals surface area (Å²) in [6.07, 6.45) is -6.62. The normalized spacial score (nSPS) is 12.2. The van der Waals surface area contributed by atoms with E-state index in [1.807, 2.05) is 0 Å². The number of benzene rings is 3. The van der Waals surface area contributed by atoms with Crippen LogP contribution >= 0.6 is 0 Å². The van der Waals surface area contributed by atoms with E-state index < -0.39 is 45.7 Å². The fourth-order valence-electron chi connectivity index (χ4n) is 6.78. The maximum Gasteiger partial charge on any atom is 0.416 e. The second-order valence-corrected chi connectivity index (χ2v) is 13.1. The maximum atomic E-state index is 14.4. The molecular formula is C40H20F6N8O4. The van der Waals surface area contributed by atoms with E-state index in [4.69, 9.17) is 0 Å². The smallest absolute Gasteiger partial charge is 0.267 e. The van der Waals surface area contributed by atoms with Gasteiger partial charge in [-0.3, -0.25) is 29.4 Å². The lowest BCUT2D eigenvalue weighted by Gasteiger charge is -2.15. The molecule has 0 radical (unpaired) electrons. The van der Waals surface area contributed by atoms with Crippen LogP contribution in [0.4, 0.5) is 26.3 Å². The average molecular weight is 791 g/mol. The molecule has 0 aliphatic heterocycles. The number of hydrogen-bond donors (Lipinski definition) is 2. The quantitative estimate of drug-likeness (QED) is 0.143. The Hall–Kier alpha value is -7.76.